The third kappa shape index (κ3) is 2.42. The van der Waals surface area contributed by atoms with Crippen molar-refractivity contribution in [2.75, 3.05) is 5.73 Å². The molecule has 0 saturated carbocycles. The highest BCUT2D eigenvalue weighted by Gasteiger charge is 2.12. The zero-order valence-corrected chi connectivity index (χ0v) is 9.13. The van der Waals surface area contributed by atoms with Gasteiger partial charge in [-0.1, -0.05) is 12.1 Å². The molecule has 0 fully saturated rings. The minimum Gasteiger partial charge on any atom is -0.478 e. The summed E-state index contributed by atoms with van der Waals surface area (Å²) in [6.07, 6.45) is 3.86. The fraction of sp³-hybridized carbons (Fsp3) is 0.0769. The van der Waals surface area contributed by atoms with Crippen LogP contribution in [0.2, 0.25) is 0 Å². The van der Waals surface area contributed by atoms with Gasteiger partial charge in [-0.15, -0.1) is 0 Å². The van der Waals surface area contributed by atoms with Crippen LogP contribution in [-0.2, 0) is 6.42 Å². The molecule has 86 valence electrons. The number of anilines is 1. The van der Waals surface area contributed by atoms with Crippen LogP contribution >= 0.6 is 0 Å². The second-order valence-electron chi connectivity index (χ2n) is 3.72. The van der Waals surface area contributed by atoms with Crippen LogP contribution in [0, 0.1) is 0 Å². The maximum Gasteiger partial charge on any atom is 0.336 e. The van der Waals surface area contributed by atoms with Crippen LogP contribution in [0.15, 0.2) is 42.7 Å². The van der Waals surface area contributed by atoms with Crippen LogP contribution in [0.4, 0.5) is 5.69 Å². The fourth-order valence-corrected chi connectivity index (χ4v) is 1.71. The first-order valence-electron chi connectivity index (χ1n) is 5.18. The number of nitrogens with two attached hydrogens (primary N) is 1. The van der Waals surface area contributed by atoms with Crippen LogP contribution < -0.4 is 5.73 Å². The van der Waals surface area contributed by atoms with Crippen molar-refractivity contribution in [3.05, 3.63) is 59.4 Å². The highest BCUT2D eigenvalue weighted by atomic mass is 16.4. The summed E-state index contributed by atoms with van der Waals surface area (Å²) in [6.45, 7) is 0. The van der Waals surface area contributed by atoms with Crippen molar-refractivity contribution in [2.24, 2.45) is 0 Å². The van der Waals surface area contributed by atoms with E-state index < -0.39 is 5.97 Å². The van der Waals surface area contributed by atoms with E-state index in [-0.39, 0.29) is 5.56 Å². The Labute approximate surface area is 98.7 Å². The van der Waals surface area contributed by atoms with Crippen LogP contribution in [0.3, 0.4) is 0 Å². The summed E-state index contributed by atoms with van der Waals surface area (Å²) in [5, 5.41) is 9.10. The molecule has 4 nitrogen and oxygen atoms in total. The number of benzene rings is 1. The quantitative estimate of drug-likeness (QED) is 0.787. The number of rotatable bonds is 3. The first-order valence-corrected chi connectivity index (χ1v) is 5.18. The maximum absolute atomic E-state index is 11.1. The predicted molar refractivity (Wildman–Crippen MR) is 64.9 cm³/mol. The number of aromatic nitrogens is 1. The highest BCUT2D eigenvalue weighted by molar-refractivity contribution is 5.91. The minimum atomic E-state index is -0.962. The third-order valence-electron chi connectivity index (χ3n) is 2.55. The minimum absolute atomic E-state index is 0.244. The second-order valence-corrected chi connectivity index (χ2v) is 3.72. The van der Waals surface area contributed by atoms with E-state index in [1.165, 1.54) is 0 Å². The molecule has 0 aliphatic carbocycles. The summed E-state index contributed by atoms with van der Waals surface area (Å²) < 4.78 is 0. The summed E-state index contributed by atoms with van der Waals surface area (Å²) in [5.41, 5.74) is 8.13. The van der Waals surface area contributed by atoms with Crippen molar-refractivity contribution in [3.63, 3.8) is 0 Å². The Morgan fingerprint density at radius 3 is 2.76 bits per heavy atom. The Hall–Kier alpha value is -2.36. The summed E-state index contributed by atoms with van der Waals surface area (Å²) in [7, 11) is 0. The van der Waals surface area contributed by atoms with Gasteiger partial charge in [0.25, 0.3) is 0 Å². The lowest BCUT2D eigenvalue weighted by atomic mass is 9.99. The molecule has 0 saturated heterocycles. The molecule has 2 aromatic rings. The molecule has 1 aromatic carbocycles. The smallest absolute Gasteiger partial charge is 0.336 e. The Balaban J connectivity index is 2.41. The second kappa shape index (κ2) is 4.65. The number of hydrogen-bond acceptors (Lipinski definition) is 3. The highest BCUT2D eigenvalue weighted by Crippen LogP contribution is 2.20. The first kappa shape index (κ1) is 11.1. The number of carboxylic acid groups (broad SMARTS) is 1. The molecule has 1 heterocycles. The standard InChI is InChI=1S/C13H12N2O2/c14-12-5-1-4-10(13(16)17)11(12)7-9-3-2-6-15-8-9/h1-6,8H,7,14H2,(H,16,17). The van der Waals surface area contributed by atoms with Gasteiger partial charge in [0.05, 0.1) is 5.56 Å². The summed E-state index contributed by atoms with van der Waals surface area (Å²) in [5.74, 6) is -0.962. The number of hydrogen-bond donors (Lipinski definition) is 2. The summed E-state index contributed by atoms with van der Waals surface area (Å²) >= 11 is 0. The van der Waals surface area contributed by atoms with Gasteiger partial charge in [-0.05, 0) is 29.3 Å². The van der Waals surface area contributed by atoms with Crippen molar-refractivity contribution in [1.82, 2.24) is 4.98 Å². The lowest BCUT2D eigenvalue weighted by Crippen LogP contribution is -2.06. The molecule has 0 radical (unpaired) electrons. The lowest BCUT2D eigenvalue weighted by molar-refractivity contribution is 0.0696. The average Bonchev–Trinajstić information content (AvgIpc) is 2.33. The van der Waals surface area contributed by atoms with E-state index in [0.29, 0.717) is 17.7 Å². The molecule has 0 unspecified atom stereocenters. The van der Waals surface area contributed by atoms with Gasteiger partial charge in [-0.2, -0.15) is 0 Å². The van der Waals surface area contributed by atoms with Gasteiger partial charge in [0, 0.05) is 24.5 Å². The van der Waals surface area contributed by atoms with E-state index in [2.05, 4.69) is 4.98 Å². The molecule has 0 atom stereocenters. The van der Waals surface area contributed by atoms with Gasteiger partial charge < -0.3 is 10.8 Å². The van der Waals surface area contributed by atoms with Crippen LogP contribution in [0.25, 0.3) is 0 Å². The zero-order valence-electron chi connectivity index (χ0n) is 9.13. The van der Waals surface area contributed by atoms with Gasteiger partial charge in [0.1, 0.15) is 0 Å². The Bertz CT molecular complexity index is 538. The SMILES string of the molecule is Nc1cccc(C(=O)O)c1Cc1cccnc1. The topological polar surface area (TPSA) is 76.2 Å². The van der Waals surface area contributed by atoms with Crippen molar-refractivity contribution >= 4 is 11.7 Å². The largest absolute Gasteiger partial charge is 0.478 e. The first-order chi connectivity index (χ1) is 8.18. The number of nitrogens with zero attached hydrogens (tertiary/aromatic N) is 1. The van der Waals surface area contributed by atoms with E-state index in [0.717, 1.165) is 5.56 Å². The predicted octanol–water partition coefficient (Wildman–Crippen LogP) is 1.95. The molecule has 0 amide bonds. The van der Waals surface area contributed by atoms with E-state index in [9.17, 15) is 4.79 Å². The van der Waals surface area contributed by atoms with E-state index >= 15 is 0 Å². The molecule has 0 aliphatic rings. The molecule has 0 bridgehead atoms. The normalized spacial score (nSPS) is 10.1. The molecule has 3 N–H and O–H groups in total. The molecule has 17 heavy (non-hydrogen) atoms. The third-order valence-corrected chi connectivity index (χ3v) is 2.55. The molecular formula is C13H12N2O2. The Morgan fingerprint density at radius 2 is 2.12 bits per heavy atom. The molecule has 4 heteroatoms. The number of pyridine rings is 1. The Morgan fingerprint density at radius 1 is 1.29 bits per heavy atom. The van der Waals surface area contributed by atoms with Crippen LogP contribution in [0.5, 0.6) is 0 Å². The molecule has 0 spiro atoms. The van der Waals surface area contributed by atoms with E-state index in [1.807, 2.05) is 12.1 Å². The van der Waals surface area contributed by atoms with Gasteiger partial charge in [0.2, 0.25) is 0 Å². The van der Waals surface area contributed by atoms with Crippen molar-refractivity contribution in [2.45, 2.75) is 6.42 Å². The van der Waals surface area contributed by atoms with Crippen LogP contribution in [-0.4, -0.2) is 16.1 Å². The van der Waals surface area contributed by atoms with Crippen molar-refractivity contribution in [1.29, 1.82) is 0 Å². The van der Waals surface area contributed by atoms with Gasteiger partial charge in [0.15, 0.2) is 0 Å². The summed E-state index contributed by atoms with van der Waals surface area (Å²) in [6, 6.07) is 8.62. The summed E-state index contributed by atoms with van der Waals surface area (Å²) in [4.78, 5) is 15.1. The van der Waals surface area contributed by atoms with Crippen molar-refractivity contribution < 1.29 is 9.90 Å². The maximum atomic E-state index is 11.1. The molecule has 2 rings (SSSR count). The van der Waals surface area contributed by atoms with Gasteiger partial charge in [-0.25, -0.2) is 4.79 Å². The van der Waals surface area contributed by atoms with Crippen LogP contribution in [0.1, 0.15) is 21.5 Å². The Kier molecular flexibility index (Phi) is 3.05. The van der Waals surface area contributed by atoms with E-state index in [1.54, 1.807) is 30.6 Å². The molecule has 1 aromatic heterocycles. The number of aromatic carboxylic acids is 1. The van der Waals surface area contributed by atoms with Gasteiger partial charge >= 0.3 is 5.97 Å². The number of carboxylic acids is 1. The monoisotopic (exact) mass is 228 g/mol. The fourth-order valence-electron chi connectivity index (χ4n) is 1.71. The molecule has 0 aliphatic heterocycles. The zero-order chi connectivity index (χ0) is 12.3. The number of carbonyl (C=O) groups is 1. The van der Waals surface area contributed by atoms with Crippen molar-refractivity contribution in [3.8, 4) is 0 Å². The van der Waals surface area contributed by atoms with Gasteiger partial charge in [-0.3, -0.25) is 4.98 Å². The average molecular weight is 228 g/mol. The number of nitrogen functional groups attached to an aromatic ring is 1. The lowest BCUT2D eigenvalue weighted by Gasteiger charge is -2.09. The molecular weight excluding hydrogens is 216 g/mol. The van der Waals surface area contributed by atoms with E-state index in [4.69, 9.17) is 10.8 Å².